The summed E-state index contributed by atoms with van der Waals surface area (Å²) in [6, 6.07) is 18.1. The number of halogens is 1. The van der Waals surface area contributed by atoms with Gasteiger partial charge in [-0.05, 0) is 72.3 Å². The smallest absolute Gasteiger partial charge is 0.252 e. The molecule has 5 rings (SSSR count). The summed E-state index contributed by atoms with van der Waals surface area (Å²) in [6.07, 6.45) is 4.81. The van der Waals surface area contributed by atoms with Crippen molar-refractivity contribution in [1.82, 2.24) is 10.2 Å². The zero-order valence-electron chi connectivity index (χ0n) is 15.1. The lowest BCUT2D eigenvalue weighted by molar-refractivity contribution is -0.0404. The first-order valence-corrected chi connectivity index (χ1v) is 10.2. The maximum Gasteiger partial charge on any atom is 0.252 e. The van der Waals surface area contributed by atoms with Crippen molar-refractivity contribution in [3.8, 4) is 0 Å². The van der Waals surface area contributed by atoms with Crippen molar-refractivity contribution in [1.29, 1.82) is 0 Å². The number of likely N-dealkylation sites (N-methyl/N-ethyl adjacent to an activating group) is 1. The Morgan fingerprint density at radius 1 is 1.12 bits per heavy atom. The second kappa shape index (κ2) is 7.16. The number of fused-ring (bicyclic) bond motifs is 3. The van der Waals surface area contributed by atoms with Gasteiger partial charge in [-0.3, -0.25) is 9.69 Å². The zero-order valence-corrected chi connectivity index (χ0v) is 16.7. The summed E-state index contributed by atoms with van der Waals surface area (Å²) in [5.74, 6) is 0.805. The molecule has 3 aliphatic rings. The molecule has 0 aromatic heterocycles. The summed E-state index contributed by atoms with van der Waals surface area (Å²) in [4.78, 5) is 15.6. The second-order valence-electron chi connectivity index (χ2n) is 7.72. The third-order valence-electron chi connectivity index (χ3n) is 6.33. The molecule has 1 N–H and O–H groups in total. The molecule has 0 radical (unpaired) electrons. The molecule has 3 nitrogen and oxygen atoms in total. The van der Waals surface area contributed by atoms with E-state index in [1.54, 1.807) is 0 Å². The van der Waals surface area contributed by atoms with Gasteiger partial charge in [0.05, 0.1) is 11.6 Å². The normalized spacial score (nSPS) is 26.5. The minimum atomic E-state index is -0.0122. The molecule has 2 bridgehead atoms. The first-order chi connectivity index (χ1) is 12.6. The summed E-state index contributed by atoms with van der Waals surface area (Å²) < 4.78 is 0.836. The van der Waals surface area contributed by atoms with E-state index in [1.807, 2.05) is 30.3 Å². The van der Waals surface area contributed by atoms with Gasteiger partial charge >= 0.3 is 0 Å². The van der Waals surface area contributed by atoms with Crippen LogP contribution < -0.4 is 5.32 Å². The van der Waals surface area contributed by atoms with E-state index in [9.17, 15) is 4.79 Å². The van der Waals surface area contributed by atoms with Crippen LogP contribution in [0.2, 0.25) is 0 Å². The molecule has 2 aromatic rings. The van der Waals surface area contributed by atoms with Crippen LogP contribution in [-0.4, -0.2) is 29.9 Å². The monoisotopic (exact) mass is 412 g/mol. The number of nitrogens with zero attached hydrogens (tertiary/aromatic N) is 1. The van der Waals surface area contributed by atoms with E-state index < -0.39 is 0 Å². The van der Waals surface area contributed by atoms with Crippen LogP contribution in [0.15, 0.2) is 59.1 Å². The predicted molar refractivity (Wildman–Crippen MR) is 108 cm³/mol. The summed E-state index contributed by atoms with van der Waals surface area (Å²) in [6.45, 7) is 1.13. The number of carbonyl (C=O) groups is 1. The topological polar surface area (TPSA) is 32.3 Å². The van der Waals surface area contributed by atoms with Crippen molar-refractivity contribution >= 4 is 21.8 Å². The van der Waals surface area contributed by atoms with Gasteiger partial charge in [-0.1, -0.05) is 42.5 Å². The van der Waals surface area contributed by atoms with Crippen LogP contribution in [0.1, 0.15) is 47.6 Å². The minimum absolute atomic E-state index is 0.00504. The third kappa shape index (κ3) is 3.10. The number of nitrogens with one attached hydrogen (secondary N) is 1. The van der Waals surface area contributed by atoms with Gasteiger partial charge in [0.15, 0.2) is 0 Å². The van der Waals surface area contributed by atoms with Crippen molar-refractivity contribution in [2.75, 3.05) is 13.6 Å². The average molecular weight is 413 g/mol. The van der Waals surface area contributed by atoms with Gasteiger partial charge in [-0.25, -0.2) is 0 Å². The molecule has 2 aromatic carbocycles. The molecule has 26 heavy (non-hydrogen) atoms. The molecule has 0 spiro atoms. The summed E-state index contributed by atoms with van der Waals surface area (Å²) in [7, 11) is 2.23. The lowest BCUT2D eigenvalue weighted by Gasteiger charge is -2.57. The van der Waals surface area contributed by atoms with Crippen molar-refractivity contribution in [3.05, 3.63) is 70.2 Å². The van der Waals surface area contributed by atoms with E-state index in [2.05, 4.69) is 57.5 Å². The minimum Gasteiger partial charge on any atom is -0.343 e. The summed E-state index contributed by atoms with van der Waals surface area (Å²) in [5.41, 5.74) is 1.89. The van der Waals surface area contributed by atoms with Gasteiger partial charge in [0, 0.05) is 16.6 Å². The van der Waals surface area contributed by atoms with E-state index in [1.165, 1.54) is 18.4 Å². The van der Waals surface area contributed by atoms with E-state index in [4.69, 9.17) is 0 Å². The van der Waals surface area contributed by atoms with Crippen LogP contribution in [0.5, 0.6) is 0 Å². The number of amides is 1. The second-order valence-corrected chi connectivity index (χ2v) is 8.58. The molecule has 1 amide bonds. The summed E-state index contributed by atoms with van der Waals surface area (Å²) in [5, 5.41) is 3.40. The van der Waals surface area contributed by atoms with Crippen LogP contribution in [0.3, 0.4) is 0 Å². The number of benzene rings is 2. The van der Waals surface area contributed by atoms with E-state index in [-0.39, 0.29) is 17.5 Å². The Kier molecular flexibility index (Phi) is 4.89. The van der Waals surface area contributed by atoms with E-state index in [0.29, 0.717) is 5.56 Å². The standard InChI is InChI=1S/C22H25BrN2O/c1-25-15-16-11-13-22(25,14-12-16)20(17-7-3-2-4-8-17)24-21(26)18-9-5-6-10-19(18)23/h2-10,16,20H,11-15H2,1H3,(H,24,26). The van der Waals surface area contributed by atoms with Crippen LogP contribution in [0.4, 0.5) is 0 Å². The fourth-order valence-electron chi connectivity index (χ4n) is 4.85. The Hall–Kier alpha value is -1.65. The van der Waals surface area contributed by atoms with Gasteiger partial charge in [0.1, 0.15) is 0 Å². The maximum atomic E-state index is 13.1. The molecule has 1 aliphatic carbocycles. The molecular weight excluding hydrogens is 388 g/mol. The molecule has 3 fully saturated rings. The van der Waals surface area contributed by atoms with Crippen LogP contribution >= 0.6 is 15.9 Å². The molecule has 1 unspecified atom stereocenters. The maximum absolute atomic E-state index is 13.1. The van der Waals surface area contributed by atoms with Crippen molar-refractivity contribution < 1.29 is 4.79 Å². The molecule has 4 heteroatoms. The van der Waals surface area contributed by atoms with Gasteiger partial charge < -0.3 is 5.32 Å². The Balaban J connectivity index is 1.70. The van der Waals surface area contributed by atoms with Gasteiger partial charge in [-0.2, -0.15) is 0 Å². The predicted octanol–water partition coefficient (Wildman–Crippen LogP) is 4.79. The highest BCUT2D eigenvalue weighted by atomic mass is 79.9. The molecule has 2 saturated heterocycles. The molecule has 2 aliphatic heterocycles. The lowest BCUT2D eigenvalue weighted by Crippen LogP contribution is -2.62. The average Bonchev–Trinajstić information content (AvgIpc) is 2.68. The highest BCUT2D eigenvalue weighted by molar-refractivity contribution is 9.10. The number of rotatable bonds is 4. The third-order valence-corrected chi connectivity index (χ3v) is 7.02. The Labute approximate surface area is 163 Å². The van der Waals surface area contributed by atoms with Crippen LogP contribution in [-0.2, 0) is 0 Å². The Morgan fingerprint density at radius 3 is 2.42 bits per heavy atom. The van der Waals surface area contributed by atoms with Crippen LogP contribution in [0.25, 0.3) is 0 Å². The number of hydrogen-bond donors (Lipinski definition) is 1. The lowest BCUT2D eigenvalue weighted by atomic mass is 9.66. The van der Waals surface area contributed by atoms with Gasteiger partial charge in [0.2, 0.25) is 0 Å². The van der Waals surface area contributed by atoms with Crippen molar-refractivity contribution in [2.24, 2.45) is 5.92 Å². The van der Waals surface area contributed by atoms with Crippen molar-refractivity contribution in [2.45, 2.75) is 37.3 Å². The number of hydrogen-bond acceptors (Lipinski definition) is 2. The Morgan fingerprint density at radius 2 is 1.77 bits per heavy atom. The fourth-order valence-corrected chi connectivity index (χ4v) is 5.31. The molecule has 1 saturated carbocycles. The molecular formula is C22H25BrN2O. The molecule has 2 heterocycles. The first kappa shape index (κ1) is 17.7. The number of piperidine rings is 2. The van der Waals surface area contributed by atoms with Crippen LogP contribution in [0, 0.1) is 5.92 Å². The first-order valence-electron chi connectivity index (χ1n) is 9.42. The van der Waals surface area contributed by atoms with Gasteiger partial charge in [0.25, 0.3) is 5.91 Å². The molecule has 1 atom stereocenters. The van der Waals surface area contributed by atoms with E-state index in [0.717, 1.165) is 29.8 Å². The van der Waals surface area contributed by atoms with E-state index >= 15 is 0 Å². The SMILES string of the molecule is CN1CC2CCC1(C(NC(=O)c1ccccc1Br)c1ccccc1)CC2. The van der Waals surface area contributed by atoms with Crippen molar-refractivity contribution in [3.63, 3.8) is 0 Å². The highest BCUT2D eigenvalue weighted by Gasteiger charge is 2.50. The molecule has 136 valence electrons. The fraction of sp³-hybridized carbons (Fsp3) is 0.409. The summed E-state index contributed by atoms with van der Waals surface area (Å²) >= 11 is 3.52. The quantitative estimate of drug-likeness (QED) is 0.782. The largest absolute Gasteiger partial charge is 0.343 e. The van der Waals surface area contributed by atoms with Gasteiger partial charge in [-0.15, -0.1) is 0 Å². The number of carbonyl (C=O) groups excluding carboxylic acids is 1. The highest BCUT2D eigenvalue weighted by Crippen LogP contribution is 2.49. The zero-order chi connectivity index (χ0) is 18.1. The Bertz CT molecular complexity index is 784.